The molecule has 3 nitrogen and oxygen atoms in total. The number of benzene rings is 1. The Hall–Kier alpha value is -2.03. The molecule has 1 aliphatic heterocycles. The molecular weight excluding hydrogens is 260 g/mol. The van der Waals surface area contributed by atoms with Crippen molar-refractivity contribution >= 4 is 5.91 Å². The van der Waals surface area contributed by atoms with Crippen LogP contribution in [0.4, 0.5) is 0 Å². The molecule has 1 aromatic heterocycles. The summed E-state index contributed by atoms with van der Waals surface area (Å²) < 4.78 is 2.25. The topological polar surface area (TPSA) is 25.2 Å². The van der Waals surface area contributed by atoms with E-state index in [1.807, 2.05) is 23.1 Å². The van der Waals surface area contributed by atoms with Crippen molar-refractivity contribution in [3.05, 3.63) is 59.9 Å². The number of fused-ring (bicyclic) bond motifs is 1. The Bertz CT molecular complexity index is 617. The van der Waals surface area contributed by atoms with Gasteiger partial charge in [0, 0.05) is 31.4 Å². The summed E-state index contributed by atoms with van der Waals surface area (Å²) in [4.78, 5) is 14.7. The molecule has 3 heteroatoms. The number of amides is 1. The largest absolute Gasteiger partial charge is 0.348 e. The molecule has 2 aromatic rings. The highest BCUT2D eigenvalue weighted by molar-refractivity contribution is 5.77. The molecule has 110 valence electrons. The first-order valence-corrected chi connectivity index (χ1v) is 7.66. The van der Waals surface area contributed by atoms with E-state index in [1.54, 1.807) is 0 Å². The SMILES string of the molecule is CC(CC(=O)N1CCn2cccc2C1C)c1ccccc1. The molecule has 3 rings (SSSR count). The number of carbonyl (C=O) groups excluding carboxylic acids is 1. The highest BCUT2D eigenvalue weighted by Gasteiger charge is 2.28. The Morgan fingerprint density at radius 1 is 1.19 bits per heavy atom. The third-order valence-electron chi connectivity index (χ3n) is 4.51. The summed E-state index contributed by atoms with van der Waals surface area (Å²) in [6.07, 6.45) is 2.68. The molecule has 0 bridgehead atoms. The molecule has 0 fully saturated rings. The minimum Gasteiger partial charge on any atom is -0.348 e. The van der Waals surface area contributed by atoms with Crippen LogP contribution in [-0.2, 0) is 11.3 Å². The fourth-order valence-corrected chi connectivity index (χ4v) is 3.20. The second kappa shape index (κ2) is 5.76. The zero-order valence-electron chi connectivity index (χ0n) is 12.7. The van der Waals surface area contributed by atoms with E-state index in [-0.39, 0.29) is 17.9 Å². The fourth-order valence-electron chi connectivity index (χ4n) is 3.20. The molecule has 0 saturated heterocycles. The van der Waals surface area contributed by atoms with E-state index in [1.165, 1.54) is 11.3 Å². The van der Waals surface area contributed by atoms with Crippen LogP contribution in [-0.4, -0.2) is 21.9 Å². The molecule has 0 saturated carbocycles. The monoisotopic (exact) mass is 282 g/mol. The molecule has 21 heavy (non-hydrogen) atoms. The van der Waals surface area contributed by atoms with Crippen LogP contribution in [0.15, 0.2) is 48.7 Å². The van der Waals surface area contributed by atoms with Crippen LogP contribution < -0.4 is 0 Å². The molecule has 0 N–H and O–H groups in total. The van der Waals surface area contributed by atoms with Crippen molar-refractivity contribution in [3.63, 3.8) is 0 Å². The first kappa shape index (κ1) is 13.9. The van der Waals surface area contributed by atoms with Crippen LogP contribution in [0.5, 0.6) is 0 Å². The predicted octanol–water partition coefficient (Wildman–Crippen LogP) is 3.59. The second-order valence-electron chi connectivity index (χ2n) is 5.91. The van der Waals surface area contributed by atoms with Gasteiger partial charge >= 0.3 is 0 Å². The number of nitrogens with zero attached hydrogens (tertiary/aromatic N) is 2. The minimum atomic E-state index is 0.171. The highest BCUT2D eigenvalue weighted by atomic mass is 16.2. The smallest absolute Gasteiger partial charge is 0.223 e. The molecule has 0 radical (unpaired) electrons. The van der Waals surface area contributed by atoms with Crippen molar-refractivity contribution in [2.75, 3.05) is 6.54 Å². The summed E-state index contributed by atoms with van der Waals surface area (Å²) in [7, 11) is 0. The van der Waals surface area contributed by atoms with E-state index in [4.69, 9.17) is 0 Å². The van der Waals surface area contributed by atoms with Gasteiger partial charge in [0.15, 0.2) is 0 Å². The van der Waals surface area contributed by atoms with Crippen LogP contribution in [0, 0.1) is 0 Å². The van der Waals surface area contributed by atoms with Gasteiger partial charge in [-0.3, -0.25) is 4.79 Å². The lowest BCUT2D eigenvalue weighted by molar-refractivity contribution is -0.134. The number of hydrogen-bond donors (Lipinski definition) is 0. The van der Waals surface area contributed by atoms with Gasteiger partial charge in [-0.2, -0.15) is 0 Å². The van der Waals surface area contributed by atoms with Gasteiger partial charge in [0.25, 0.3) is 0 Å². The van der Waals surface area contributed by atoms with Crippen molar-refractivity contribution in [1.82, 2.24) is 9.47 Å². The number of aromatic nitrogens is 1. The minimum absolute atomic E-state index is 0.171. The van der Waals surface area contributed by atoms with Crippen LogP contribution >= 0.6 is 0 Å². The van der Waals surface area contributed by atoms with Gasteiger partial charge < -0.3 is 9.47 Å². The standard InChI is InChI=1S/C18H22N2O/c1-14(16-7-4-3-5-8-16)13-18(21)20-12-11-19-10-6-9-17(19)15(20)2/h3-10,14-15H,11-13H2,1-2H3. The Kier molecular flexibility index (Phi) is 3.82. The second-order valence-corrected chi connectivity index (χ2v) is 5.91. The molecule has 1 aromatic carbocycles. The molecule has 2 atom stereocenters. The number of hydrogen-bond acceptors (Lipinski definition) is 1. The summed E-state index contributed by atoms with van der Waals surface area (Å²) in [6.45, 7) is 5.96. The van der Waals surface area contributed by atoms with E-state index in [9.17, 15) is 4.79 Å². The quantitative estimate of drug-likeness (QED) is 0.844. The zero-order chi connectivity index (χ0) is 14.8. The summed E-state index contributed by atoms with van der Waals surface area (Å²) in [5, 5.41) is 0. The van der Waals surface area contributed by atoms with Gasteiger partial charge in [-0.25, -0.2) is 0 Å². The highest BCUT2D eigenvalue weighted by Crippen LogP contribution is 2.28. The predicted molar refractivity (Wildman–Crippen MR) is 84.0 cm³/mol. The summed E-state index contributed by atoms with van der Waals surface area (Å²) in [6, 6.07) is 14.6. The van der Waals surface area contributed by atoms with Crippen molar-refractivity contribution in [1.29, 1.82) is 0 Å². The number of rotatable bonds is 3. The van der Waals surface area contributed by atoms with Gasteiger partial charge in [0.2, 0.25) is 5.91 Å². The maximum atomic E-state index is 12.6. The summed E-state index contributed by atoms with van der Waals surface area (Å²) in [5.74, 6) is 0.519. The van der Waals surface area contributed by atoms with Gasteiger partial charge in [0.05, 0.1) is 6.04 Å². The van der Waals surface area contributed by atoms with Crippen molar-refractivity contribution in [3.8, 4) is 0 Å². The fraction of sp³-hybridized carbons (Fsp3) is 0.389. The Balaban J connectivity index is 1.69. The molecule has 2 unspecified atom stereocenters. The lowest BCUT2D eigenvalue weighted by Crippen LogP contribution is -2.41. The van der Waals surface area contributed by atoms with Gasteiger partial charge in [-0.05, 0) is 30.5 Å². The van der Waals surface area contributed by atoms with Crippen molar-refractivity contribution < 1.29 is 4.79 Å². The maximum absolute atomic E-state index is 12.6. The third kappa shape index (κ3) is 2.73. The Morgan fingerprint density at radius 2 is 1.95 bits per heavy atom. The lowest BCUT2D eigenvalue weighted by Gasteiger charge is -2.35. The summed E-state index contributed by atoms with van der Waals surface area (Å²) >= 11 is 0. The average Bonchev–Trinajstić information content (AvgIpc) is 2.98. The van der Waals surface area contributed by atoms with Gasteiger partial charge in [-0.1, -0.05) is 37.3 Å². The van der Waals surface area contributed by atoms with E-state index >= 15 is 0 Å². The maximum Gasteiger partial charge on any atom is 0.223 e. The Labute approximate surface area is 126 Å². The van der Waals surface area contributed by atoms with Crippen LogP contribution in [0.3, 0.4) is 0 Å². The van der Waals surface area contributed by atoms with Gasteiger partial charge in [0.1, 0.15) is 0 Å². The third-order valence-corrected chi connectivity index (χ3v) is 4.51. The normalized spacial score (nSPS) is 19.1. The molecule has 1 amide bonds. The van der Waals surface area contributed by atoms with Crippen LogP contribution in [0.25, 0.3) is 0 Å². The van der Waals surface area contributed by atoms with E-state index in [2.05, 4.69) is 48.9 Å². The van der Waals surface area contributed by atoms with Crippen molar-refractivity contribution in [2.45, 2.75) is 38.8 Å². The van der Waals surface area contributed by atoms with E-state index in [0.717, 1.165) is 13.1 Å². The number of carbonyl (C=O) groups is 1. The van der Waals surface area contributed by atoms with Crippen LogP contribution in [0.2, 0.25) is 0 Å². The van der Waals surface area contributed by atoms with Gasteiger partial charge in [-0.15, -0.1) is 0 Å². The molecule has 2 heterocycles. The summed E-state index contributed by atoms with van der Waals surface area (Å²) in [5.41, 5.74) is 2.47. The lowest BCUT2D eigenvalue weighted by atomic mass is 9.96. The van der Waals surface area contributed by atoms with Crippen LogP contribution in [0.1, 0.15) is 43.5 Å². The molecule has 0 aliphatic carbocycles. The first-order valence-electron chi connectivity index (χ1n) is 7.66. The van der Waals surface area contributed by atoms with E-state index in [0.29, 0.717) is 6.42 Å². The van der Waals surface area contributed by atoms with E-state index < -0.39 is 0 Å². The molecule has 1 aliphatic rings. The molecule has 0 spiro atoms. The first-order chi connectivity index (χ1) is 10.2. The zero-order valence-corrected chi connectivity index (χ0v) is 12.7. The Morgan fingerprint density at radius 3 is 2.71 bits per heavy atom. The van der Waals surface area contributed by atoms with Crippen molar-refractivity contribution in [2.24, 2.45) is 0 Å². The molecular formula is C18H22N2O. The average molecular weight is 282 g/mol.